The molecule has 0 radical (unpaired) electrons. The first-order valence-electron chi connectivity index (χ1n) is 14.1. The first-order chi connectivity index (χ1) is 20.3. The zero-order chi connectivity index (χ0) is 34.7. The van der Waals surface area contributed by atoms with E-state index in [0.29, 0.717) is 0 Å². The van der Waals surface area contributed by atoms with Crippen molar-refractivity contribution in [3.63, 3.8) is 0 Å². The van der Waals surface area contributed by atoms with Crippen molar-refractivity contribution in [1.82, 2.24) is 0 Å². The van der Waals surface area contributed by atoms with Crippen molar-refractivity contribution in [2.45, 2.75) is 80.1 Å². The van der Waals surface area contributed by atoms with Gasteiger partial charge in [0.1, 0.15) is 0 Å². The molecule has 0 aliphatic carbocycles. The van der Waals surface area contributed by atoms with Gasteiger partial charge in [-0.1, -0.05) is 40.2 Å². The van der Waals surface area contributed by atoms with Gasteiger partial charge in [-0.05, 0) is 66.2 Å². The fraction of sp³-hybridized carbons (Fsp3) is 0.562. The van der Waals surface area contributed by atoms with Crippen LogP contribution in [0.15, 0.2) is 48.6 Å². The summed E-state index contributed by atoms with van der Waals surface area (Å²) in [5, 5.41) is 22.9. The number of carboxylic acid groups (broad SMARTS) is 2. The molecular weight excluding hydrogens is 601 g/mol. The van der Waals surface area contributed by atoms with Crippen LogP contribution in [0.25, 0.3) is 0 Å². The third-order valence-electron chi connectivity index (χ3n) is 6.87. The van der Waals surface area contributed by atoms with Gasteiger partial charge in [0.15, 0.2) is 0 Å². The zero-order valence-corrected chi connectivity index (χ0v) is 28.9. The number of ether oxygens (including phenoxy) is 4. The molecule has 0 spiro atoms. The van der Waals surface area contributed by atoms with E-state index in [1.165, 1.54) is 27.7 Å². The Balaban J connectivity index is -0.000000767. The molecule has 0 aliphatic heterocycles. The zero-order valence-electron chi connectivity index (χ0n) is 27.5. The molecule has 0 amide bonds. The average molecular weight is 647 g/mol. The summed E-state index contributed by atoms with van der Waals surface area (Å²) in [6, 6.07) is 0. The van der Waals surface area contributed by atoms with E-state index in [9.17, 15) is 39.0 Å². The van der Waals surface area contributed by atoms with Crippen LogP contribution < -0.4 is 10.2 Å². The van der Waals surface area contributed by atoms with Crippen molar-refractivity contribution < 1.29 is 57.9 Å². The van der Waals surface area contributed by atoms with Crippen LogP contribution in [0, 0.1) is 10.8 Å². The van der Waals surface area contributed by atoms with E-state index in [1.807, 2.05) is 0 Å². The topological polar surface area (TPSA) is 185 Å². The van der Waals surface area contributed by atoms with Crippen LogP contribution in [-0.2, 0) is 47.7 Å². The second kappa shape index (κ2) is 23.0. The van der Waals surface area contributed by atoms with E-state index in [0.717, 1.165) is 0 Å². The Labute approximate surface area is 282 Å². The molecule has 0 aromatic heterocycles. The molecule has 0 aromatic rings. The molecule has 0 atom stereocenters. The van der Waals surface area contributed by atoms with Gasteiger partial charge < -0.3 is 38.7 Å². The molecule has 13 heteroatoms. The maximum atomic E-state index is 11.4. The SMILES string of the molecule is C=C(C)C(=O)OCCC(CC)(CCOC(=O)C(=C)C)C(=O)[O-].C=C(C)C(=O)OCCC(CC)(CCOC(=O)C(=C)C)C(=O)[O-].[Mg+2]. The van der Waals surface area contributed by atoms with Gasteiger partial charge in [-0.25, -0.2) is 19.2 Å². The van der Waals surface area contributed by atoms with Crippen molar-refractivity contribution in [3.8, 4) is 0 Å². The Morgan fingerprint density at radius 2 is 0.667 bits per heavy atom. The molecule has 0 aliphatic rings. The fourth-order valence-corrected chi connectivity index (χ4v) is 3.50. The molecule has 0 saturated carbocycles. The summed E-state index contributed by atoms with van der Waals surface area (Å²) in [6.45, 7) is 22.9. The molecule has 0 N–H and O–H groups in total. The summed E-state index contributed by atoms with van der Waals surface area (Å²) in [6.07, 6.45) is 0.852. The van der Waals surface area contributed by atoms with Gasteiger partial charge >= 0.3 is 46.9 Å². The monoisotopic (exact) mass is 646 g/mol. The van der Waals surface area contributed by atoms with Crippen LogP contribution in [0.5, 0.6) is 0 Å². The van der Waals surface area contributed by atoms with Gasteiger partial charge in [0.2, 0.25) is 0 Å². The summed E-state index contributed by atoms with van der Waals surface area (Å²) in [7, 11) is 0. The minimum absolute atomic E-state index is 0. The van der Waals surface area contributed by atoms with Crippen molar-refractivity contribution in [2.24, 2.45) is 10.8 Å². The predicted molar refractivity (Wildman–Crippen MR) is 163 cm³/mol. The Morgan fingerprint density at radius 3 is 0.778 bits per heavy atom. The largest absolute Gasteiger partial charge is 2.00 e. The standard InChI is InChI=1S/2C16H24O6.Mg/c2*1-6-16(15(19)20,7-9-21-13(17)11(2)3)8-10-22-14(18)12(4)5;/h2*2,4,6-10H2,1,3,5H3,(H,19,20);/q;;+2/p-2. The van der Waals surface area contributed by atoms with Crippen LogP contribution in [-0.4, -0.2) is 85.3 Å². The Bertz CT molecular complexity index is 955. The summed E-state index contributed by atoms with van der Waals surface area (Å²) >= 11 is 0. The number of carbonyl (C=O) groups excluding carboxylic acids is 6. The molecule has 45 heavy (non-hydrogen) atoms. The first kappa shape index (κ1) is 46.0. The number of hydrogen-bond donors (Lipinski definition) is 0. The van der Waals surface area contributed by atoms with Crippen molar-refractivity contribution >= 4 is 58.9 Å². The first-order valence-corrected chi connectivity index (χ1v) is 14.1. The van der Waals surface area contributed by atoms with Crippen LogP contribution in [0.3, 0.4) is 0 Å². The van der Waals surface area contributed by atoms with E-state index >= 15 is 0 Å². The predicted octanol–water partition coefficient (Wildman–Crippen LogP) is 1.92. The van der Waals surface area contributed by atoms with Crippen LogP contribution >= 0.6 is 0 Å². The molecule has 0 unspecified atom stereocenters. The second-order valence-electron chi connectivity index (χ2n) is 10.5. The summed E-state index contributed by atoms with van der Waals surface area (Å²) in [5.41, 5.74) is -1.47. The van der Waals surface area contributed by atoms with Crippen molar-refractivity contribution in [2.75, 3.05) is 26.4 Å². The van der Waals surface area contributed by atoms with Gasteiger partial charge in [-0.2, -0.15) is 0 Å². The number of rotatable bonds is 20. The summed E-state index contributed by atoms with van der Waals surface area (Å²) in [5.74, 6) is -4.80. The molecule has 0 fully saturated rings. The number of aliphatic carboxylic acids is 2. The Kier molecular flexibility index (Phi) is 23.5. The molecule has 0 rings (SSSR count). The summed E-state index contributed by atoms with van der Waals surface area (Å²) in [4.78, 5) is 68.1. The number of carbonyl (C=O) groups is 6. The second-order valence-corrected chi connectivity index (χ2v) is 10.5. The molecule has 0 saturated heterocycles. The number of hydrogen-bond acceptors (Lipinski definition) is 12. The third kappa shape index (κ3) is 17.6. The Morgan fingerprint density at radius 1 is 0.489 bits per heavy atom. The van der Waals surface area contributed by atoms with Crippen LogP contribution in [0.1, 0.15) is 80.1 Å². The molecule has 12 nitrogen and oxygen atoms in total. The fourth-order valence-electron chi connectivity index (χ4n) is 3.50. The minimum atomic E-state index is -1.26. The third-order valence-corrected chi connectivity index (χ3v) is 6.87. The van der Waals surface area contributed by atoms with Gasteiger partial charge in [0.25, 0.3) is 0 Å². The van der Waals surface area contributed by atoms with Gasteiger partial charge in [-0.15, -0.1) is 0 Å². The van der Waals surface area contributed by atoms with E-state index in [4.69, 9.17) is 18.9 Å². The molecule has 0 bridgehead atoms. The van der Waals surface area contributed by atoms with E-state index in [1.54, 1.807) is 13.8 Å². The van der Waals surface area contributed by atoms with E-state index in [2.05, 4.69) is 26.3 Å². The quantitative estimate of drug-likeness (QED) is 0.0811. The van der Waals surface area contributed by atoms with Gasteiger partial charge in [-0.3, -0.25) is 0 Å². The van der Waals surface area contributed by atoms with E-state index < -0.39 is 46.6 Å². The Hall–Kier alpha value is -3.45. The maximum Gasteiger partial charge on any atom is 2.00 e. The number of carboxylic acids is 2. The molecule has 0 aromatic carbocycles. The maximum absolute atomic E-state index is 11.4. The average Bonchev–Trinajstić information content (AvgIpc) is 2.94. The number of esters is 4. The van der Waals surface area contributed by atoms with Gasteiger partial charge in [0.05, 0.1) is 26.4 Å². The van der Waals surface area contributed by atoms with Crippen LogP contribution in [0.2, 0.25) is 0 Å². The minimum Gasteiger partial charge on any atom is -0.550 e. The normalized spacial score (nSPS) is 10.4. The van der Waals surface area contributed by atoms with E-state index in [-0.39, 0.29) is 110 Å². The molecule has 0 heterocycles. The van der Waals surface area contributed by atoms with Gasteiger partial charge in [0, 0.05) is 45.1 Å². The molecule has 248 valence electrons. The van der Waals surface area contributed by atoms with Crippen LogP contribution in [0.4, 0.5) is 0 Å². The van der Waals surface area contributed by atoms with Crippen molar-refractivity contribution in [3.05, 3.63) is 48.6 Å². The van der Waals surface area contributed by atoms with Crippen molar-refractivity contribution in [1.29, 1.82) is 0 Å². The summed E-state index contributed by atoms with van der Waals surface area (Å²) < 4.78 is 19.7. The molecular formula is C32H46MgO12. The smallest absolute Gasteiger partial charge is 0.550 e.